The van der Waals surface area contributed by atoms with Crippen LogP contribution in [0.15, 0.2) is 41.4 Å². The molecule has 0 unspecified atom stereocenters. The van der Waals surface area contributed by atoms with Crippen LogP contribution >= 0.6 is 11.8 Å². The molecule has 0 saturated heterocycles. The second-order valence-corrected chi connectivity index (χ2v) is 6.67. The van der Waals surface area contributed by atoms with E-state index < -0.39 is 11.9 Å². The van der Waals surface area contributed by atoms with E-state index in [1.54, 1.807) is 30.5 Å². The summed E-state index contributed by atoms with van der Waals surface area (Å²) in [6.07, 6.45) is -1.15. The molecule has 2 aromatic heterocycles. The van der Waals surface area contributed by atoms with E-state index in [4.69, 9.17) is 14.2 Å². The molecule has 0 spiro atoms. The van der Waals surface area contributed by atoms with Crippen molar-refractivity contribution in [1.82, 2.24) is 14.8 Å². The summed E-state index contributed by atoms with van der Waals surface area (Å²) >= 11 is 1.48. The van der Waals surface area contributed by atoms with Crippen molar-refractivity contribution in [2.24, 2.45) is 0 Å². The summed E-state index contributed by atoms with van der Waals surface area (Å²) in [6, 6.07) is 7.46. The first-order valence-corrected chi connectivity index (χ1v) is 9.53. The van der Waals surface area contributed by atoms with Gasteiger partial charge in [-0.25, -0.2) is 9.67 Å². The number of nitrogens with zero attached hydrogens (tertiary/aromatic N) is 3. The third-order valence-corrected chi connectivity index (χ3v) is 4.85. The van der Waals surface area contributed by atoms with Gasteiger partial charge in [-0.2, -0.15) is 18.3 Å². The molecular weight excluding hydrogens is 407 g/mol. The first-order valence-electron chi connectivity index (χ1n) is 8.30. The van der Waals surface area contributed by atoms with Crippen LogP contribution in [0.4, 0.5) is 13.2 Å². The quantitative estimate of drug-likeness (QED) is 0.534. The molecule has 154 valence electrons. The fourth-order valence-corrected chi connectivity index (χ4v) is 3.11. The van der Waals surface area contributed by atoms with Gasteiger partial charge in [0.25, 0.3) is 0 Å². The molecule has 2 heterocycles. The van der Waals surface area contributed by atoms with E-state index in [0.717, 1.165) is 15.6 Å². The molecule has 0 aliphatic heterocycles. The van der Waals surface area contributed by atoms with Crippen LogP contribution in [0.5, 0.6) is 17.2 Å². The van der Waals surface area contributed by atoms with Crippen LogP contribution in [0.25, 0.3) is 17.1 Å². The normalized spacial score (nSPS) is 11.4. The van der Waals surface area contributed by atoms with Crippen LogP contribution in [0.2, 0.25) is 0 Å². The van der Waals surface area contributed by atoms with Crippen molar-refractivity contribution in [1.29, 1.82) is 0 Å². The number of ether oxygens (including phenoxy) is 3. The summed E-state index contributed by atoms with van der Waals surface area (Å²) in [5.74, 6) is 1.22. The Bertz CT molecular complexity index is 979. The van der Waals surface area contributed by atoms with Gasteiger partial charge in [0.05, 0.1) is 27.0 Å². The molecule has 0 fully saturated rings. The Labute approximate surface area is 169 Å². The Morgan fingerprint density at radius 1 is 0.966 bits per heavy atom. The van der Waals surface area contributed by atoms with E-state index in [1.807, 2.05) is 6.26 Å². The Hall–Kier alpha value is -2.88. The number of methoxy groups -OCH3 is 3. The number of hydrogen-bond acceptors (Lipinski definition) is 6. The molecule has 29 heavy (non-hydrogen) atoms. The lowest BCUT2D eigenvalue weighted by molar-refractivity contribution is -0.141. The minimum atomic E-state index is -4.61. The molecule has 0 N–H and O–H groups in total. The summed E-state index contributed by atoms with van der Waals surface area (Å²) < 4.78 is 57.2. The van der Waals surface area contributed by atoms with Crippen LogP contribution < -0.4 is 14.2 Å². The second kappa shape index (κ2) is 8.24. The van der Waals surface area contributed by atoms with Gasteiger partial charge in [-0.3, -0.25) is 0 Å². The van der Waals surface area contributed by atoms with Crippen molar-refractivity contribution in [3.05, 3.63) is 42.2 Å². The van der Waals surface area contributed by atoms with Gasteiger partial charge >= 0.3 is 6.18 Å². The van der Waals surface area contributed by atoms with Gasteiger partial charge in [0, 0.05) is 16.7 Å². The SMILES string of the molecule is COc1cc(-c2cc(C(F)(F)F)nn2-c2ccc(SC)cn2)cc(OC)c1OC. The van der Waals surface area contributed by atoms with Crippen LogP contribution in [0.3, 0.4) is 0 Å². The van der Waals surface area contributed by atoms with Crippen molar-refractivity contribution in [3.63, 3.8) is 0 Å². The molecule has 0 aliphatic rings. The van der Waals surface area contributed by atoms with Crippen LogP contribution in [-0.2, 0) is 6.18 Å². The predicted molar refractivity (Wildman–Crippen MR) is 103 cm³/mol. The van der Waals surface area contributed by atoms with Crippen molar-refractivity contribution < 1.29 is 27.4 Å². The highest BCUT2D eigenvalue weighted by atomic mass is 32.2. The number of rotatable bonds is 6. The van der Waals surface area contributed by atoms with Gasteiger partial charge in [-0.05, 0) is 36.6 Å². The van der Waals surface area contributed by atoms with E-state index in [0.29, 0.717) is 22.8 Å². The van der Waals surface area contributed by atoms with Gasteiger partial charge in [-0.1, -0.05) is 0 Å². The van der Waals surface area contributed by atoms with Gasteiger partial charge in [0.1, 0.15) is 0 Å². The molecule has 0 atom stereocenters. The molecule has 6 nitrogen and oxygen atoms in total. The summed E-state index contributed by atoms with van der Waals surface area (Å²) in [5.41, 5.74) is -0.448. The second-order valence-electron chi connectivity index (χ2n) is 5.79. The fourth-order valence-electron chi connectivity index (χ4n) is 2.75. The molecule has 0 saturated carbocycles. The first kappa shape index (κ1) is 20.8. The average molecular weight is 425 g/mol. The Morgan fingerprint density at radius 3 is 2.07 bits per heavy atom. The number of pyridine rings is 1. The zero-order valence-corrected chi connectivity index (χ0v) is 16.9. The van der Waals surface area contributed by atoms with E-state index in [2.05, 4.69) is 10.1 Å². The van der Waals surface area contributed by atoms with Crippen molar-refractivity contribution >= 4 is 11.8 Å². The number of thioether (sulfide) groups is 1. The number of hydrogen-bond donors (Lipinski definition) is 0. The first-order chi connectivity index (χ1) is 13.8. The van der Waals surface area contributed by atoms with Crippen LogP contribution in [0, 0.1) is 0 Å². The number of alkyl halides is 3. The molecule has 1 aromatic carbocycles. The Morgan fingerprint density at radius 2 is 1.62 bits per heavy atom. The zero-order valence-electron chi connectivity index (χ0n) is 16.1. The van der Waals surface area contributed by atoms with Gasteiger partial charge in [0.15, 0.2) is 23.0 Å². The highest BCUT2D eigenvalue weighted by Gasteiger charge is 2.35. The molecule has 0 bridgehead atoms. The molecule has 10 heteroatoms. The summed E-state index contributed by atoms with van der Waals surface area (Å²) in [5, 5.41) is 3.75. The molecule has 0 radical (unpaired) electrons. The van der Waals surface area contributed by atoms with Crippen molar-refractivity contribution in [3.8, 4) is 34.3 Å². The van der Waals surface area contributed by atoms with E-state index in [1.165, 1.54) is 33.1 Å². The third-order valence-electron chi connectivity index (χ3n) is 4.13. The van der Waals surface area contributed by atoms with Crippen LogP contribution in [-0.4, -0.2) is 42.3 Å². The predicted octanol–water partition coefficient (Wildman–Crippen LogP) is 4.70. The molecule has 0 amide bonds. The minimum Gasteiger partial charge on any atom is -0.493 e. The fraction of sp³-hybridized carbons (Fsp3) is 0.263. The van der Waals surface area contributed by atoms with E-state index in [9.17, 15) is 13.2 Å². The Kier molecular flexibility index (Phi) is 5.92. The van der Waals surface area contributed by atoms with Gasteiger partial charge in [0.2, 0.25) is 5.75 Å². The number of benzene rings is 1. The van der Waals surface area contributed by atoms with Gasteiger partial charge in [-0.15, -0.1) is 11.8 Å². The zero-order chi connectivity index (χ0) is 21.2. The highest BCUT2D eigenvalue weighted by molar-refractivity contribution is 7.98. The lowest BCUT2D eigenvalue weighted by Gasteiger charge is -2.14. The largest absolute Gasteiger partial charge is 0.493 e. The van der Waals surface area contributed by atoms with Crippen molar-refractivity contribution in [2.45, 2.75) is 11.1 Å². The standard InChI is InChI=1S/C19H18F3N3O3S/c1-26-14-7-11(8-15(27-2)18(14)28-3)13-9-16(19(20,21)22)24-25(13)17-6-5-12(29-4)10-23-17/h5-10H,1-4H3. The lowest BCUT2D eigenvalue weighted by Crippen LogP contribution is -2.08. The summed E-state index contributed by atoms with van der Waals surface area (Å²) in [6.45, 7) is 0. The Balaban J connectivity index is 2.24. The topological polar surface area (TPSA) is 58.4 Å². The molecular formula is C19H18F3N3O3S. The van der Waals surface area contributed by atoms with Gasteiger partial charge < -0.3 is 14.2 Å². The summed E-state index contributed by atoms with van der Waals surface area (Å²) in [4.78, 5) is 5.13. The highest BCUT2D eigenvalue weighted by Crippen LogP contribution is 2.42. The smallest absolute Gasteiger partial charge is 0.435 e. The monoisotopic (exact) mass is 425 g/mol. The van der Waals surface area contributed by atoms with Crippen molar-refractivity contribution in [2.75, 3.05) is 27.6 Å². The maximum Gasteiger partial charge on any atom is 0.435 e. The summed E-state index contributed by atoms with van der Waals surface area (Å²) in [7, 11) is 4.31. The van der Waals surface area contributed by atoms with E-state index >= 15 is 0 Å². The molecule has 3 rings (SSSR count). The average Bonchev–Trinajstić information content (AvgIpc) is 3.18. The van der Waals surface area contributed by atoms with E-state index in [-0.39, 0.29) is 11.5 Å². The van der Waals surface area contributed by atoms with Crippen LogP contribution in [0.1, 0.15) is 5.69 Å². The maximum absolute atomic E-state index is 13.4. The minimum absolute atomic E-state index is 0.181. The number of aromatic nitrogens is 3. The molecule has 0 aliphatic carbocycles. The molecule has 3 aromatic rings. The lowest BCUT2D eigenvalue weighted by atomic mass is 10.1. The maximum atomic E-state index is 13.4. The number of halogens is 3. The third kappa shape index (κ3) is 4.12.